The summed E-state index contributed by atoms with van der Waals surface area (Å²) in [4.78, 5) is 4.77. The molecule has 0 fully saturated rings. The number of para-hydroxylation sites is 1. The smallest absolute Gasteiger partial charge is 0.261 e. The zero-order chi connectivity index (χ0) is 21.8. The minimum Gasteiger partial charge on any atom is -0.396 e. The van der Waals surface area contributed by atoms with E-state index in [4.69, 9.17) is 0 Å². The molecule has 0 atom stereocenters. The van der Waals surface area contributed by atoms with Gasteiger partial charge in [0, 0.05) is 16.5 Å². The van der Waals surface area contributed by atoms with Gasteiger partial charge in [-0.25, -0.2) is 8.42 Å². The summed E-state index contributed by atoms with van der Waals surface area (Å²) < 4.78 is 28.2. The van der Waals surface area contributed by atoms with Gasteiger partial charge in [-0.15, -0.1) is 0 Å². The molecule has 1 aromatic heterocycles. The Labute approximate surface area is 176 Å². The summed E-state index contributed by atoms with van der Waals surface area (Å²) >= 11 is 0. The Morgan fingerprint density at radius 1 is 0.933 bits per heavy atom. The van der Waals surface area contributed by atoms with Gasteiger partial charge in [0.2, 0.25) is 0 Å². The van der Waals surface area contributed by atoms with Gasteiger partial charge in [0.25, 0.3) is 10.0 Å². The van der Waals surface area contributed by atoms with Crippen molar-refractivity contribution < 1.29 is 23.7 Å². The Bertz CT molecular complexity index is 1100. The number of aliphatic hydroxyl groups excluding tert-OH is 3. The molecule has 30 heavy (non-hydrogen) atoms. The third-order valence-corrected chi connectivity index (χ3v) is 6.65. The Kier molecular flexibility index (Phi) is 6.72. The molecule has 0 aliphatic carbocycles. The number of hydrogen-bond donors (Lipinski definition) is 4. The highest BCUT2D eigenvalue weighted by molar-refractivity contribution is 7.92. The van der Waals surface area contributed by atoms with Gasteiger partial charge in [0.15, 0.2) is 0 Å². The summed E-state index contributed by atoms with van der Waals surface area (Å²) in [6.07, 6.45) is 0.753. The number of aliphatic hydroxyl groups is 3. The molecule has 2 aromatic carbocycles. The SMILES string of the molecule is Cc1ccc(S(=O)(=O)Nc2cccc3ccc(CCC(CO)(CO)CO)nc23)cc1. The quantitative estimate of drug-likeness (QED) is 0.413. The lowest BCUT2D eigenvalue weighted by molar-refractivity contribution is -0.000408. The van der Waals surface area contributed by atoms with Crippen molar-refractivity contribution in [3.05, 3.63) is 65.9 Å². The first-order valence-corrected chi connectivity index (χ1v) is 11.1. The maximum absolute atomic E-state index is 12.8. The van der Waals surface area contributed by atoms with Crippen LogP contribution < -0.4 is 4.72 Å². The Morgan fingerprint density at radius 3 is 2.23 bits per heavy atom. The second kappa shape index (κ2) is 9.09. The molecule has 0 bridgehead atoms. The predicted octanol–water partition coefficient (Wildman–Crippen LogP) is 2.24. The summed E-state index contributed by atoms with van der Waals surface area (Å²) in [7, 11) is -3.77. The van der Waals surface area contributed by atoms with Gasteiger partial charge in [-0.1, -0.05) is 35.9 Å². The molecule has 160 valence electrons. The third-order valence-electron chi connectivity index (χ3n) is 5.27. The van der Waals surface area contributed by atoms with E-state index in [9.17, 15) is 23.7 Å². The topological polar surface area (TPSA) is 120 Å². The molecule has 0 aliphatic rings. The number of rotatable bonds is 9. The van der Waals surface area contributed by atoms with Crippen LogP contribution in [0, 0.1) is 12.3 Å². The number of benzene rings is 2. The van der Waals surface area contributed by atoms with Crippen LogP contribution in [0.4, 0.5) is 5.69 Å². The van der Waals surface area contributed by atoms with E-state index in [1.165, 1.54) is 0 Å². The van der Waals surface area contributed by atoms with E-state index < -0.39 is 15.4 Å². The molecule has 8 heteroatoms. The van der Waals surface area contributed by atoms with Crippen molar-refractivity contribution in [3.8, 4) is 0 Å². The minimum absolute atomic E-state index is 0.167. The number of nitrogens with one attached hydrogen (secondary N) is 1. The van der Waals surface area contributed by atoms with Gasteiger partial charge < -0.3 is 15.3 Å². The number of sulfonamides is 1. The van der Waals surface area contributed by atoms with E-state index in [1.54, 1.807) is 36.4 Å². The first-order valence-electron chi connectivity index (χ1n) is 9.63. The van der Waals surface area contributed by atoms with Crippen LogP contribution in [-0.2, 0) is 16.4 Å². The molecule has 0 unspecified atom stereocenters. The van der Waals surface area contributed by atoms with Crippen LogP contribution >= 0.6 is 0 Å². The summed E-state index contributed by atoms with van der Waals surface area (Å²) in [6, 6.07) is 15.5. The monoisotopic (exact) mass is 430 g/mol. The van der Waals surface area contributed by atoms with Crippen molar-refractivity contribution in [1.29, 1.82) is 0 Å². The van der Waals surface area contributed by atoms with Gasteiger partial charge in [0.1, 0.15) is 0 Å². The number of aryl methyl sites for hydroxylation is 2. The largest absolute Gasteiger partial charge is 0.396 e. The minimum atomic E-state index is -3.77. The lowest BCUT2D eigenvalue weighted by atomic mass is 9.85. The van der Waals surface area contributed by atoms with Gasteiger partial charge in [0.05, 0.1) is 35.9 Å². The van der Waals surface area contributed by atoms with E-state index in [1.807, 2.05) is 25.1 Å². The standard InChI is InChI=1S/C22H26N2O5S/c1-16-5-9-19(10-6-16)30(28,29)24-20-4-2-3-17-7-8-18(23-21(17)20)11-12-22(13-25,14-26)15-27/h2-10,24-27H,11-15H2,1H3. The Balaban J connectivity index is 1.90. The lowest BCUT2D eigenvalue weighted by Crippen LogP contribution is -2.34. The maximum Gasteiger partial charge on any atom is 0.261 e. The maximum atomic E-state index is 12.8. The Hall–Kier alpha value is -2.52. The van der Waals surface area contributed by atoms with Crippen LogP contribution in [0.3, 0.4) is 0 Å². The Morgan fingerprint density at radius 2 is 1.60 bits per heavy atom. The predicted molar refractivity (Wildman–Crippen MR) is 116 cm³/mol. The van der Waals surface area contributed by atoms with Gasteiger partial charge in [-0.3, -0.25) is 9.71 Å². The number of pyridine rings is 1. The zero-order valence-corrected chi connectivity index (χ0v) is 17.6. The van der Waals surface area contributed by atoms with Crippen LogP contribution in [0.1, 0.15) is 17.7 Å². The first-order chi connectivity index (χ1) is 14.3. The van der Waals surface area contributed by atoms with Gasteiger partial charge in [-0.05, 0) is 44.0 Å². The summed E-state index contributed by atoms with van der Waals surface area (Å²) in [5, 5.41) is 29.3. The average Bonchev–Trinajstić information content (AvgIpc) is 2.75. The molecule has 0 aliphatic heterocycles. The highest BCUT2D eigenvalue weighted by atomic mass is 32.2. The number of hydrogen-bond acceptors (Lipinski definition) is 6. The van der Waals surface area contributed by atoms with Crippen molar-refractivity contribution in [2.45, 2.75) is 24.7 Å². The normalized spacial score (nSPS) is 12.3. The molecule has 3 aromatic rings. The van der Waals surface area contributed by atoms with Crippen LogP contribution in [0.5, 0.6) is 0 Å². The van der Waals surface area contributed by atoms with Crippen LogP contribution in [0.25, 0.3) is 10.9 Å². The fourth-order valence-electron chi connectivity index (χ4n) is 3.11. The number of nitrogens with zero attached hydrogens (tertiary/aromatic N) is 1. The molecule has 0 saturated heterocycles. The summed E-state index contributed by atoms with van der Waals surface area (Å²) in [5.74, 6) is 0. The average molecular weight is 431 g/mol. The second-order valence-electron chi connectivity index (χ2n) is 7.57. The van der Waals surface area contributed by atoms with Crippen molar-refractivity contribution in [2.75, 3.05) is 24.5 Å². The molecular formula is C22H26N2O5S. The highest BCUT2D eigenvalue weighted by Crippen LogP contribution is 2.27. The second-order valence-corrected chi connectivity index (χ2v) is 9.26. The fraction of sp³-hybridized carbons (Fsp3) is 0.318. The molecule has 4 N–H and O–H groups in total. The lowest BCUT2D eigenvalue weighted by Gasteiger charge is -2.27. The molecule has 0 radical (unpaired) electrons. The van der Waals surface area contributed by atoms with Crippen LogP contribution in [-0.4, -0.2) is 48.5 Å². The van der Waals surface area contributed by atoms with Crippen molar-refractivity contribution in [2.24, 2.45) is 5.41 Å². The molecule has 0 saturated carbocycles. The highest BCUT2D eigenvalue weighted by Gasteiger charge is 2.28. The zero-order valence-electron chi connectivity index (χ0n) is 16.7. The molecule has 1 heterocycles. The van der Waals surface area contributed by atoms with Gasteiger partial charge >= 0.3 is 0 Å². The molecule has 3 rings (SSSR count). The molecule has 0 spiro atoms. The van der Waals surface area contributed by atoms with E-state index >= 15 is 0 Å². The van der Waals surface area contributed by atoms with Crippen LogP contribution in [0.15, 0.2) is 59.5 Å². The number of fused-ring (bicyclic) bond motifs is 1. The van der Waals surface area contributed by atoms with Crippen molar-refractivity contribution >= 4 is 26.6 Å². The summed E-state index contributed by atoms with van der Waals surface area (Å²) in [6.45, 7) is 0.874. The van der Waals surface area contributed by atoms with Crippen LogP contribution in [0.2, 0.25) is 0 Å². The van der Waals surface area contributed by atoms with Gasteiger partial charge in [-0.2, -0.15) is 0 Å². The van der Waals surface area contributed by atoms with E-state index in [0.29, 0.717) is 29.7 Å². The molecule has 7 nitrogen and oxygen atoms in total. The molecule has 0 amide bonds. The van der Waals surface area contributed by atoms with E-state index in [2.05, 4.69) is 9.71 Å². The van der Waals surface area contributed by atoms with E-state index in [0.717, 1.165) is 10.9 Å². The number of aromatic nitrogens is 1. The summed E-state index contributed by atoms with van der Waals surface area (Å²) in [5.41, 5.74) is 1.53. The fourth-order valence-corrected chi connectivity index (χ4v) is 4.18. The third kappa shape index (κ3) is 4.79. The molecular weight excluding hydrogens is 404 g/mol. The van der Waals surface area contributed by atoms with Crippen molar-refractivity contribution in [3.63, 3.8) is 0 Å². The number of anilines is 1. The van der Waals surface area contributed by atoms with E-state index in [-0.39, 0.29) is 24.7 Å². The first kappa shape index (κ1) is 22.2. The van der Waals surface area contributed by atoms with Crippen molar-refractivity contribution in [1.82, 2.24) is 4.98 Å².